The molecule has 3 N–H and O–H groups in total. The van der Waals surface area contributed by atoms with E-state index in [1.807, 2.05) is 0 Å². The summed E-state index contributed by atoms with van der Waals surface area (Å²) in [6.07, 6.45) is 0. The topological polar surface area (TPSA) is 39.3 Å². The molecule has 152 valence electrons. The van der Waals surface area contributed by atoms with Crippen molar-refractivity contribution in [2.24, 2.45) is 0 Å². The fourth-order valence-corrected chi connectivity index (χ4v) is 4.03. The highest BCUT2D eigenvalue weighted by Gasteiger charge is 2.07. The van der Waals surface area contributed by atoms with E-state index in [9.17, 15) is 0 Å². The number of fused-ring (bicyclic) bond motifs is 3. The average Bonchev–Trinajstić information content (AvgIpc) is 2.76. The fourth-order valence-electron chi connectivity index (χ4n) is 4.03. The molecule has 0 fully saturated rings. The van der Waals surface area contributed by atoms with E-state index < -0.39 is 0 Å². The summed E-state index contributed by atoms with van der Waals surface area (Å²) < 4.78 is 0. The van der Waals surface area contributed by atoms with Crippen LogP contribution in [0.3, 0.4) is 0 Å². The summed E-state index contributed by atoms with van der Waals surface area (Å²) in [5.74, 6) is 0. The van der Waals surface area contributed by atoms with Gasteiger partial charge in [0.05, 0.1) is 0 Å². The lowest BCUT2D eigenvalue weighted by molar-refractivity contribution is 0.271. The molecule has 1 aliphatic heterocycles. The molecule has 29 heavy (non-hydrogen) atoms. The van der Waals surface area contributed by atoms with Gasteiger partial charge in [0.25, 0.3) is 0 Å². The van der Waals surface area contributed by atoms with E-state index in [0.29, 0.717) is 0 Å². The molecular formula is C25H32N4. The molecule has 0 aromatic heterocycles. The number of nitrogens with one attached hydrogen (secondary N) is 3. The maximum atomic E-state index is 3.65. The Morgan fingerprint density at radius 3 is 2.28 bits per heavy atom. The van der Waals surface area contributed by atoms with Gasteiger partial charge < -0.3 is 16.0 Å². The van der Waals surface area contributed by atoms with Crippen LogP contribution in [0.5, 0.6) is 0 Å². The monoisotopic (exact) mass is 388 g/mol. The fraction of sp³-hybridized carbons (Fsp3) is 0.360. The molecule has 0 amide bonds. The number of rotatable bonds is 5. The van der Waals surface area contributed by atoms with Gasteiger partial charge >= 0.3 is 0 Å². The third-order valence-corrected chi connectivity index (χ3v) is 5.66. The first-order chi connectivity index (χ1) is 14.4. The van der Waals surface area contributed by atoms with Crippen LogP contribution >= 0.6 is 0 Å². The molecule has 4 heteroatoms. The van der Waals surface area contributed by atoms with E-state index in [1.165, 1.54) is 27.5 Å². The van der Waals surface area contributed by atoms with Crippen LogP contribution in [0.2, 0.25) is 0 Å². The zero-order chi connectivity index (χ0) is 19.7. The maximum absolute atomic E-state index is 3.65. The quantitative estimate of drug-likeness (QED) is 0.588. The standard InChI is InChI=1S/C25H32N4/c1-2-10-25-23(7-1)8-4-9-24(25)20-28-13-16-29-14-11-26-18-21-5-3-6-22(17-21)19-27-12-15-29/h1-10,17,26-28H,11-16,18-20H2. The molecule has 0 saturated carbocycles. The summed E-state index contributed by atoms with van der Waals surface area (Å²) in [6, 6.07) is 24.1. The molecule has 3 aromatic carbocycles. The van der Waals surface area contributed by atoms with E-state index in [4.69, 9.17) is 0 Å². The third-order valence-electron chi connectivity index (χ3n) is 5.66. The first kappa shape index (κ1) is 20.0. The predicted octanol–water partition coefficient (Wildman–Crippen LogP) is 3.12. The lowest BCUT2D eigenvalue weighted by atomic mass is 10.0. The van der Waals surface area contributed by atoms with E-state index in [2.05, 4.69) is 87.6 Å². The van der Waals surface area contributed by atoms with E-state index in [0.717, 1.165) is 58.9 Å². The van der Waals surface area contributed by atoms with Crippen molar-refractivity contribution in [1.82, 2.24) is 20.9 Å². The largest absolute Gasteiger partial charge is 0.311 e. The van der Waals surface area contributed by atoms with Crippen LogP contribution in [0.4, 0.5) is 0 Å². The maximum Gasteiger partial charge on any atom is 0.0212 e. The minimum Gasteiger partial charge on any atom is -0.311 e. The third kappa shape index (κ3) is 5.87. The van der Waals surface area contributed by atoms with Gasteiger partial charge in [0.1, 0.15) is 0 Å². The van der Waals surface area contributed by atoms with Crippen LogP contribution in [0, 0.1) is 0 Å². The van der Waals surface area contributed by atoms with Gasteiger partial charge in [0.2, 0.25) is 0 Å². The lowest BCUT2D eigenvalue weighted by Gasteiger charge is -2.24. The van der Waals surface area contributed by atoms with Crippen molar-refractivity contribution in [2.75, 3.05) is 39.3 Å². The van der Waals surface area contributed by atoms with Gasteiger partial charge in [0.15, 0.2) is 0 Å². The molecule has 4 rings (SSSR count). The second-order valence-electron chi connectivity index (χ2n) is 7.83. The van der Waals surface area contributed by atoms with Gasteiger partial charge in [-0.15, -0.1) is 0 Å². The smallest absolute Gasteiger partial charge is 0.0212 e. The first-order valence-corrected chi connectivity index (χ1v) is 10.8. The molecular weight excluding hydrogens is 356 g/mol. The highest BCUT2D eigenvalue weighted by atomic mass is 15.2. The van der Waals surface area contributed by atoms with Crippen molar-refractivity contribution in [3.8, 4) is 0 Å². The number of hydrogen-bond donors (Lipinski definition) is 3. The van der Waals surface area contributed by atoms with Gasteiger partial charge in [0, 0.05) is 58.9 Å². The number of nitrogens with zero attached hydrogens (tertiary/aromatic N) is 1. The highest BCUT2D eigenvalue weighted by Crippen LogP contribution is 2.18. The van der Waals surface area contributed by atoms with Gasteiger partial charge in [-0.3, -0.25) is 4.90 Å². The molecule has 0 atom stereocenters. The predicted molar refractivity (Wildman–Crippen MR) is 122 cm³/mol. The Bertz CT molecular complexity index is 875. The average molecular weight is 389 g/mol. The zero-order valence-corrected chi connectivity index (χ0v) is 17.2. The van der Waals surface area contributed by atoms with Crippen LogP contribution in [0.15, 0.2) is 66.7 Å². The SMILES string of the molecule is c1cc2cc(c1)CNCCN(CCNCc1cccc3ccccc13)CCNC2. The summed E-state index contributed by atoms with van der Waals surface area (Å²) in [4.78, 5) is 2.55. The number of benzene rings is 3. The van der Waals surface area contributed by atoms with Crippen LogP contribution in [0.1, 0.15) is 16.7 Å². The molecule has 0 spiro atoms. The molecule has 0 saturated heterocycles. The Labute approximate surface area is 174 Å². The van der Waals surface area contributed by atoms with Crippen molar-refractivity contribution in [1.29, 1.82) is 0 Å². The molecule has 1 aliphatic rings. The molecule has 1 heterocycles. The summed E-state index contributed by atoms with van der Waals surface area (Å²) in [6.45, 7) is 9.08. The molecule has 2 bridgehead atoms. The van der Waals surface area contributed by atoms with Crippen molar-refractivity contribution >= 4 is 10.8 Å². The second-order valence-corrected chi connectivity index (χ2v) is 7.83. The van der Waals surface area contributed by atoms with Crippen molar-refractivity contribution in [3.63, 3.8) is 0 Å². The van der Waals surface area contributed by atoms with Crippen molar-refractivity contribution < 1.29 is 0 Å². The summed E-state index contributed by atoms with van der Waals surface area (Å²) >= 11 is 0. The van der Waals surface area contributed by atoms with Crippen LogP contribution in [0.25, 0.3) is 10.8 Å². The van der Waals surface area contributed by atoms with Gasteiger partial charge in [-0.1, -0.05) is 66.7 Å². The summed E-state index contributed by atoms with van der Waals surface area (Å²) in [5, 5.41) is 13.5. The Kier molecular flexibility index (Phi) is 7.27. The Balaban J connectivity index is 1.25. The van der Waals surface area contributed by atoms with Crippen LogP contribution in [-0.4, -0.2) is 44.2 Å². The summed E-state index contributed by atoms with van der Waals surface area (Å²) in [7, 11) is 0. The van der Waals surface area contributed by atoms with Crippen LogP contribution < -0.4 is 16.0 Å². The zero-order valence-electron chi connectivity index (χ0n) is 17.2. The molecule has 4 nitrogen and oxygen atoms in total. The Hall–Kier alpha value is -2.24. The summed E-state index contributed by atoms with van der Waals surface area (Å²) in [5.41, 5.74) is 4.11. The second kappa shape index (κ2) is 10.5. The van der Waals surface area contributed by atoms with Gasteiger partial charge in [-0.2, -0.15) is 0 Å². The molecule has 3 aromatic rings. The van der Waals surface area contributed by atoms with Gasteiger partial charge in [-0.25, -0.2) is 0 Å². The lowest BCUT2D eigenvalue weighted by Crippen LogP contribution is -2.40. The van der Waals surface area contributed by atoms with E-state index in [1.54, 1.807) is 0 Å². The van der Waals surface area contributed by atoms with Crippen molar-refractivity contribution in [3.05, 3.63) is 83.4 Å². The first-order valence-electron chi connectivity index (χ1n) is 10.8. The molecule has 0 unspecified atom stereocenters. The van der Waals surface area contributed by atoms with Crippen molar-refractivity contribution in [2.45, 2.75) is 19.6 Å². The normalized spacial score (nSPS) is 16.3. The van der Waals surface area contributed by atoms with E-state index >= 15 is 0 Å². The Morgan fingerprint density at radius 1 is 0.793 bits per heavy atom. The van der Waals surface area contributed by atoms with Gasteiger partial charge in [-0.05, 0) is 27.5 Å². The number of hydrogen-bond acceptors (Lipinski definition) is 4. The Morgan fingerprint density at radius 2 is 1.48 bits per heavy atom. The molecule has 0 aliphatic carbocycles. The van der Waals surface area contributed by atoms with Crippen LogP contribution in [-0.2, 0) is 19.6 Å². The van der Waals surface area contributed by atoms with E-state index in [-0.39, 0.29) is 0 Å². The minimum atomic E-state index is 0.917. The minimum absolute atomic E-state index is 0.917. The molecule has 0 radical (unpaired) electrons. The highest BCUT2D eigenvalue weighted by molar-refractivity contribution is 5.85.